The van der Waals surface area contributed by atoms with Crippen LogP contribution in [0.15, 0.2) is 29.1 Å². The Morgan fingerprint density at radius 2 is 1.85 bits per heavy atom. The summed E-state index contributed by atoms with van der Waals surface area (Å²) in [5, 5.41) is 3.45. The van der Waals surface area contributed by atoms with Crippen molar-refractivity contribution in [2.24, 2.45) is 0 Å². The Bertz CT molecular complexity index is 1030. The van der Waals surface area contributed by atoms with Crippen LogP contribution in [-0.4, -0.2) is 29.6 Å². The topological polar surface area (TPSA) is 67.2 Å². The van der Waals surface area contributed by atoms with Crippen molar-refractivity contribution in [1.82, 2.24) is 9.55 Å². The molecule has 0 aliphatic heterocycles. The lowest BCUT2D eigenvalue weighted by atomic mass is 10.2. The Kier molecular flexibility index (Phi) is 4.82. The number of fused-ring (bicyclic) bond motifs is 1. The predicted octanol–water partition coefficient (Wildman–Crippen LogP) is 3.09. The highest BCUT2D eigenvalue weighted by Crippen LogP contribution is 2.26. The third kappa shape index (κ3) is 3.35. The van der Waals surface area contributed by atoms with E-state index in [4.69, 9.17) is 0 Å². The molecular weight excluding hydrogens is 348 g/mol. The molecule has 0 aliphatic carbocycles. The summed E-state index contributed by atoms with van der Waals surface area (Å²) in [5.74, 6) is 0.292. The van der Waals surface area contributed by atoms with Crippen molar-refractivity contribution in [1.29, 1.82) is 0 Å². The van der Waals surface area contributed by atoms with Gasteiger partial charge in [-0.15, -0.1) is 11.3 Å². The van der Waals surface area contributed by atoms with Crippen molar-refractivity contribution < 1.29 is 4.79 Å². The van der Waals surface area contributed by atoms with Gasteiger partial charge in [0, 0.05) is 30.3 Å². The molecule has 7 heteroatoms. The maximum atomic E-state index is 12.8. The zero-order valence-electron chi connectivity index (χ0n) is 15.6. The summed E-state index contributed by atoms with van der Waals surface area (Å²) in [5.41, 5.74) is 2.53. The zero-order valence-corrected chi connectivity index (χ0v) is 16.4. The first-order valence-electron chi connectivity index (χ1n) is 8.32. The van der Waals surface area contributed by atoms with Crippen molar-refractivity contribution in [2.75, 3.05) is 24.3 Å². The second-order valence-corrected chi connectivity index (χ2v) is 7.71. The molecule has 0 aliphatic rings. The molecule has 2 aromatic heterocycles. The number of aromatic nitrogens is 2. The second kappa shape index (κ2) is 6.92. The van der Waals surface area contributed by atoms with E-state index in [-0.39, 0.29) is 18.0 Å². The van der Waals surface area contributed by atoms with Gasteiger partial charge in [-0.1, -0.05) is 0 Å². The molecule has 2 heterocycles. The molecule has 0 spiro atoms. The molecule has 1 N–H and O–H groups in total. The van der Waals surface area contributed by atoms with Gasteiger partial charge in [0.2, 0.25) is 5.91 Å². The first kappa shape index (κ1) is 18.1. The van der Waals surface area contributed by atoms with Gasteiger partial charge in [0.15, 0.2) is 0 Å². The van der Waals surface area contributed by atoms with E-state index in [1.165, 1.54) is 15.9 Å². The normalized spacial score (nSPS) is 11.0. The van der Waals surface area contributed by atoms with Crippen LogP contribution in [0.1, 0.15) is 16.3 Å². The van der Waals surface area contributed by atoms with Crippen LogP contribution in [0.2, 0.25) is 0 Å². The molecule has 3 aromatic rings. The molecular formula is C19H22N4O2S. The molecule has 0 saturated heterocycles. The van der Waals surface area contributed by atoms with Gasteiger partial charge in [0.05, 0.1) is 5.39 Å². The summed E-state index contributed by atoms with van der Waals surface area (Å²) in [6.45, 7) is 5.59. The lowest BCUT2D eigenvalue weighted by Gasteiger charge is -2.13. The number of nitrogens with one attached hydrogen (secondary N) is 1. The van der Waals surface area contributed by atoms with Crippen LogP contribution in [0, 0.1) is 20.8 Å². The number of carbonyl (C=O) groups is 1. The lowest BCUT2D eigenvalue weighted by Crippen LogP contribution is -2.30. The zero-order chi connectivity index (χ0) is 19.0. The minimum atomic E-state index is -0.251. The molecule has 0 fully saturated rings. The summed E-state index contributed by atoms with van der Waals surface area (Å²) in [6.07, 6.45) is 0. The molecule has 1 amide bonds. The average molecular weight is 370 g/mol. The molecule has 136 valence electrons. The molecule has 6 nitrogen and oxygen atoms in total. The summed E-state index contributed by atoms with van der Waals surface area (Å²) in [7, 11) is 3.92. The largest absolute Gasteiger partial charge is 0.378 e. The van der Waals surface area contributed by atoms with Crippen molar-refractivity contribution in [2.45, 2.75) is 27.3 Å². The first-order valence-corrected chi connectivity index (χ1v) is 9.14. The van der Waals surface area contributed by atoms with Gasteiger partial charge < -0.3 is 10.2 Å². The van der Waals surface area contributed by atoms with E-state index in [1.807, 2.05) is 57.1 Å². The summed E-state index contributed by atoms with van der Waals surface area (Å²) >= 11 is 1.51. The number of hydrogen-bond donors (Lipinski definition) is 1. The molecule has 26 heavy (non-hydrogen) atoms. The fourth-order valence-corrected chi connectivity index (χ4v) is 3.87. The fraction of sp³-hybridized carbons (Fsp3) is 0.316. The average Bonchev–Trinajstić information content (AvgIpc) is 2.86. The number of anilines is 2. The lowest BCUT2D eigenvalue weighted by molar-refractivity contribution is -0.116. The number of hydrogen-bond acceptors (Lipinski definition) is 5. The Balaban J connectivity index is 1.85. The van der Waals surface area contributed by atoms with Crippen LogP contribution in [0.25, 0.3) is 10.2 Å². The SMILES string of the molecule is Cc1sc2nc(C)n(CC(=O)Nc3ccc(N(C)C)cc3)c(=O)c2c1C. The number of aryl methyl sites for hydroxylation is 3. The maximum Gasteiger partial charge on any atom is 0.263 e. The molecule has 1 aromatic carbocycles. The Morgan fingerprint density at radius 1 is 1.19 bits per heavy atom. The fourth-order valence-electron chi connectivity index (χ4n) is 2.80. The Morgan fingerprint density at radius 3 is 2.46 bits per heavy atom. The van der Waals surface area contributed by atoms with Crippen LogP contribution in [0.4, 0.5) is 11.4 Å². The van der Waals surface area contributed by atoms with Gasteiger partial charge in [-0.25, -0.2) is 4.98 Å². The van der Waals surface area contributed by atoms with E-state index >= 15 is 0 Å². The minimum Gasteiger partial charge on any atom is -0.378 e. The van der Waals surface area contributed by atoms with Crippen molar-refractivity contribution >= 4 is 38.8 Å². The van der Waals surface area contributed by atoms with Crippen LogP contribution in [0.5, 0.6) is 0 Å². The number of benzene rings is 1. The van der Waals surface area contributed by atoms with Gasteiger partial charge in [-0.3, -0.25) is 14.2 Å². The van der Waals surface area contributed by atoms with Crippen LogP contribution >= 0.6 is 11.3 Å². The molecule has 0 radical (unpaired) electrons. The van der Waals surface area contributed by atoms with E-state index < -0.39 is 0 Å². The number of amides is 1. The van der Waals surface area contributed by atoms with E-state index in [1.54, 1.807) is 6.92 Å². The number of rotatable bonds is 4. The summed E-state index contributed by atoms with van der Waals surface area (Å²) in [4.78, 5) is 33.6. The predicted molar refractivity (Wildman–Crippen MR) is 107 cm³/mol. The Hall–Kier alpha value is -2.67. The van der Waals surface area contributed by atoms with Gasteiger partial charge in [-0.05, 0) is 50.6 Å². The Labute approximate surface area is 156 Å². The summed E-state index contributed by atoms with van der Waals surface area (Å²) in [6, 6.07) is 7.55. The van der Waals surface area contributed by atoms with Crippen LogP contribution in [-0.2, 0) is 11.3 Å². The maximum absolute atomic E-state index is 12.8. The van der Waals surface area contributed by atoms with Gasteiger partial charge >= 0.3 is 0 Å². The number of nitrogens with zero attached hydrogens (tertiary/aromatic N) is 3. The molecule has 0 unspecified atom stereocenters. The highest BCUT2D eigenvalue weighted by Gasteiger charge is 2.16. The van der Waals surface area contributed by atoms with Crippen LogP contribution < -0.4 is 15.8 Å². The van der Waals surface area contributed by atoms with Crippen molar-refractivity contribution in [3.8, 4) is 0 Å². The van der Waals surface area contributed by atoms with E-state index in [0.717, 1.165) is 21.0 Å². The van der Waals surface area contributed by atoms with Crippen molar-refractivity contribution in [3.05, 3.63) is 50.9 Å². The minimum absolute atomic E-state index is 0.0582. The first-order chi connectivity index (χ1) is 12.3. The monoisotopic (exact) mass is 370 g/mol. The van der Waals surface area contributed by atoms with Crippen molar-refractivity contribution in [3.63, 3.8) is 0 Å². The summed E-state index contributed by atoms with van der Waals surface area (Å²) < 4.78 is 1.44. The van der Waals surface area contributed by atoms with Crippen LogP contribution in [0.3, 0.4) is 0 Å². The third-order valence-corrected chi connectivity index (χ3v) is 5.55. The van der Waals surface area contributed by atoms with E-state index in [9.17, 15) is 9.59 Å². The molecule has 0 atom stereocenters. The molecule has 0 saturated carbocycles. The van der Waals surface area contributed by atoms with Gasteiger partial charge in [0.1, 0.15) is 17.2 Å². The number of thiophene rings is 1. The standard InChI is InChI=1S/C19H22N4O2S/c1-11-12(2)26-18-17(11)19(25)23(13(3)20-18)10-16(24)21-14-6-8-15(9-7-14)22(4)5/h6-9H,10H2,1-5H3,(H,21,24). The van der Waals surface area contributed by atoms with Gasteiger partial charge in [-0.2, -0.15) is 0 Å². The second-order valence-electron chi connectivity index (χ2n) is 6.50. The number of carbonyl (C=O) groups excluding carboxylic acids is 1. The quantitative estimate of drug-likeness (QED) is 0.766. The van der Waals surface area contributed by atoms with Gasteiger partial charge in [0.25, 0.3) is 5.56 Å². The van der Waals surface area contributed by atoms with E-state index in [2.05, 4.69) is 10.3 Å². The third-order valence-electron chi connectivity index (χ3n) is 4.45. The molecule has 0 bridgehead atoms. The highest BCUT2D eigenvalue weighted by atomic mass is 32.1. The smallest absolute Gasteiger partial charge is 0.263 e. The van der Waals surface area contributed by atoms with E-state index in [0.29, 0.717) is 16.9 Å². The molecule has 3 rings (SSSR count). The highest BCUT2D eigenvalue weighted by molar-refractivity contribution is 7.18.